The van der Waals surface area contributed by atoms with Crippen molar-refractivity contribution in [3.05, 3.63) is 59.7 Å². The third-order valence-electron chi connectivity index (χ3n) is 4.13. The average Bonchev–Trinajstić information content (AvgIpc) is 3.13. The Hall–Kier alpha value is -2.76. The van der Waals surface area contributed by atoms with E-state index < -0.39 is 0 Å². The molecule has 1 fully saturated rings. The minimum Gasteiger partial charge on any atom is -0.349 e. The molecule has 124 valence electrons. The van der Waals surface area contributed by atoms with E-state index in [1.165, 1.54) is 12.4 Å². The van der Waals surface area contributed by atoms with Gasteiger partial charge in [-0.2, -0.15) is 0 Å². The molecule has 6 nitrogen and oxygen atoms in total. The molecule has 0 atom stereocenters. The van der Waals surface area contributed by atoms with Crippen LogP contribution in [-0.2, 0) is 6.54 Å². The van der Waals surface area contributed by atoms with Gasteiger partial charge in [-0.3, -0.25) is 19.6 Å². The summed E-state index contributed by atoms with van der Waals surface area (Å²) in [5, 5.41) is 5.80. The molecular weight excluding hydrogens is 304 g/mol. The topological polar surface area (TPSA) is 84.0 Å². The van der Waals surface area contributed by atoms with E-state index in [1.807, 2.05) is 12.1 Å². The lowest BCUT2D eigenvalue weighted by atomic mass is 10.1. The number of hydrogen-bond donors (Lipinski definition) is 2. The van der Waals surface area contributed by atoms with Crippen molar-refractivity contribution in [1.82, 2.24) is 20.6 Å². The fourth-order valence-electron chi connectivity index (χ4n) is 2.81. The Kier molecular flexibility index (Phi) is 5.15. The molecule has 3 rings (SSSR count). The van der Waals surface area contributed by atoms with Crippen LogP contribution in [0.15, 0.2) is 43.0 Å². The van der Waals surface area contributed by atoms with Crippen LogP contribution in [0.2, 0.25) is 0 Å². The van der Waals surface area contributed by atoms with Crippen LogP contribution in [0.1, 0.15) is 52.0 Å². The fraction of sp³-hybridized carbons (Fsp3) is 0.333. The normalized spacial score (nSPS) is 14.3. The molecule has 0 aromatic carbocycles. The molecule has 0 aliphatic heterocycles. The van der Waals surface area contributed by atoms with Crippen molar-refractivity contribution in [3.63, 3.8) is 0 Å². The van der Waals surface area contributed by atoms with Crippen molar-refractivity contribution in [1.29, 1.82) is 0 Å². The predicted octanol–water partition coefficient (Wildman–Crippen LogP) is 2.08. The Bertz CT molecular complexity index is 712. The summed E-state index contributed by atoms with van der Waals surface area (Å²) in [5.41, 5.74) is 1.70. The first-order valence-electron chi connectivity index (χ1n) is 8.15. The van der Waals surface area contributed by atoms with Crippen LogP contribution in [0.25, 0.3) is 0 Å². The van der Waals surface area contributed by atoms with Crippen LogP contribution in [0.5, 0.6) is 0 Å². The molecule has 0 radical (unpaired) electrons. The highest BCUT2D eigenvalue weighted by atomic mass is 16.2. The smallest absolute Gasteiger partial charge is 0.253 e. The van der Waals surface area contributed by atoms with Crippen molar-refractivity contribution in [2.45, 2.75) is 38.3 Å². The van der Waals surface area contributed by atoms with Crippen LogP contribution < -0.4 is 10.6 Å². The number of nitrogens with zero attached hydrogens (tertiary/aromatic N) is 2. The minimum atomic E-state index is -0.262. The summed E-state index contributed by atoms with van der Waals surface area (Å²) in [7, 11) is 0. The van der Waals surface area contributed by atoms with Crippen LogP contribution >= 0.6 is 0 Å². The summed E-state index contributed by atoms with van der Waals surface area (Å²) < 4.78 is 0. The maximum atomic E-state index is 12.3. The van der Waals surface area contributed by atoms with E-state index in [0.29, 0.717) is 17.7 Å². The van der Waals surface area contributed by atoms with Crippen molar-refractivity contribution in [2.75, 3.05) is 0 Å². The Labute approximate surface area is 140 Å². The summed E-state index contributed by atoms with van der Waals surface area (Å²) in [6.45, 7) is 0.380. The third-order valence-corrected chi connectivity index (χ3v) is 4.13. The average molecular weight is 324 g/mol. The number of hydrogen-bond acceptors (Lipinski definition) is 4. The van der Waals surface area contributed by atoms with E-state index in [-0.39, 0.29) is 17.9 Å². The van der Waals surface area contributed by atoms with Crippen molar-refractivity contribution < 1.29 is 9.59 Å². The van der Waals surface area contributed by atoms with Gasteiger partial charge in [-0.05, 0) is 30.5 Å². The molecule has 2 amide bonds. The molecule has 2 heterocycles. The Morgan fingerprint density at radius 1 is 1.04 bits per heavy atom. The van der Waals surface area contributed by atoms with E-state index in [9.17, 15) is 9.59 Å². The number of aromatic nitrogens is 2. The molecule has 0 bridgehead atoms. The highest BCUT2D eigenvalue weighted by Crippen LogP contribution is 2.18. The summed E-state index contributed by atoms with van der Waals surface area (Å²) in [5.74, 6) is -0.432. The standard InChI is InChI=1S/C18H20N4O2/c23-17(21-10-13-4-3-7-19-9-13)14-8-15(12-20-11-14)18(24)22-16-5-1-2-6-16/h3-4,7-9,11-12,16H,1-2,5-6,10H2,(H,21,23)(H,22,24). The second kappa shape index (κ2) is 7.68. The molecule has 24 heavy (non-hydrogen) atoms. The number of rotatable bonds is 5. The number of carbonyl (C=O) groups excluding carboxylic acids is 2. The number of carbonyl (C=O) groups is 2. The van der Waals surface area contributed by atoms with Crippen molar-refractivity contribution in [2.24, 2.45) is 0 Å². The predicted molar refractivity (Wildman–Crippen MR) is 89.4 cm³/mol. The van der Waals surface area contributed by atoms with Gasteiger partial charge in [0.1, 0.15) is 0 Å². The molecule has 6 heteroatoms. The molecule has 0 spiro atoms. The molecule has 0 saturated heterocycles. The van der Waals surface area contributed by atoms with Gasteiger partial charge in [0.15, 0.2) is 0 Å². The third kappa shape index (κ3) is 4.16. The van der Waals surface area contributed by atoms with Gasteiger partial charge in [0.05, 0.1) is 11.1 Å². The van der Waals surface area contributed by atoms with Gasteiger partial charge in [0.2, 0.25) is 0 Å². The SMILES string of the molecule is O=C(NCc1cccnc1)c1cncc(C(=O)NC2CCCC2)c1. The van der Waals surface area contributed by atoms with E-state index >= 15 is 0 Å². The maximum Gasteiger partial charge on any atom is 0.253 e. The first-order chi connectivity index (χ1) is 11.7. The second-order valence-corrected chi connectivity index (χ2v) is 5.96. The molecule has 2 aromatic heterocycles. The lowest BCUT2D eigenvalue weighted by Gasteiger charge is -2.12. The van der Waals surface area contributed by atoms with Crippen LogP contribution in [-0.4, -0.2) is 27.8 Å². The Morgan fingerprint density at radius 2 is 1.79 bits per heavy atom. The highest BCUT2D eigenvalue weighted by Gasteiger charge is 2.19. The number of amides is 2. The molecule has 1 saturated carbocycles. The van der Waals surface area contributed by atoms with Crippen LogP contribution in [0, 0.1) is 0 Å². The fourth-order valence-corrected chi connectivity index (χ4v) is 2.81. The first-order valence-corrected chi connectivity index (χ1v) is 8.15. The largest absolute Gasteiger partial charge is 0.349 e. The van der Waals surface area contributed by atoms with Crippen LogP contribution in [0.3, 0.4) is 0 Å². The summed E-state index contributed by atoms with van der Waals surface area (Å²) >= 11 is 0. The zero-order chi connectivity index (χ0) is 16.8. The molecule has 2 N–H and O–H groups in total. The van der Waals surface area contributed by atoms with E-state index in [2.05, 4.69) is 20.6 Å². The van der Waals surface area contributed by atoms with E-state index in [0.717, 1.165) is 31.2 Å². The monoisotopic (exact) mass is 324 g/mol. The zero-order valence-corrected chi connectivity index (χ0v) is 13.4. The van der Waals surface area contributed by atoms with Gasteiger partial charge in [0, 0.05) is 37.4 Å². The molecular formula is C18H20N4O2. The Morgan fingerprint density at radius 3 is 2.50 bits per heavy atom. The van der Waals surface area contributed by atoms with Crippen LogP contribution in [0.4, 0.5) is 0 Å². The van der Waals surface area contributed by atoms with Gasteiger partial charge in [-0.15, -0.1) is 0 Å². The maximum absolute atomic E-state index is 12.3. The summed E-state index contributed by atoms with van der Waals surface area (Å²) in [4.78, 5) is 32.5. The summed E-state index contributed by atoms with van der Waals surface area (Å²) in [6.07, 6.45) is 10.7. The van der Waals surface area contributed by atoms with Gasteiger partial charge in [0.25, 0.3) is 11.8 Å². The molecule has 1 aliphatic carbocycles. The van der Waals surface area contributed by atoms with E-state index in [1.54, 1.807) is 18.5 Å². The summed E-state index contributed by atoms with van der Waals surface area (Å²) in [6, 6.07) is 5.52. The second-order valence-electron chi connectivity index (χ2n) is 5.96. The van der Waals surface area contributed by atoms with Gasteiger partial charge in [-0.1, -0.05) is 18.9 Å². The van der Waals surface area contributed by atoms with Gasteiger partial charge in [-0.25, -0.2) is 0 Å². The molecule has 0 unspecified atom stereocenters. The quantitative estimate of drug-likeness (QED) is 0.882. The lowest BCUT2D eigenvalue weighted by Crippen LogP contribution is -2.33. The molecule has 1 aliphatic rings. The first kappa shape index (κ1) is 16.1. The van der Waals surface area contributed by atoms with Gasteiger partial charge < -0.3 is 10.6 Å². The number of nitrogens with one attached hydrogen (secondary N) is 2. The lowest BCUT2D eigenvalue weighted by molar-refractivity contribution is 0.0937. The molecule has 2 aromatic rings. The van der Waals surface area contributed by atoms with Crippen molar-refractivity contribution >= 4 is 11.8 Å². The van der Waals surface area contributed by atoms with E-state index in [4.69, 9.17) is 0 Å². The highest BCUT2D eigenvalue weighted by molar-refractivity contribution is 5.99. The van der Waals surface area contributed by atoms with Crippen molar-refractivity contribution in [3.8, 4) is 0 Å². The Balaban J connectivity index is 1.61. The zero-order valence-electron chi connectivity index (χ0n) is 13.4. The van der Waals surface area contributed by atoms with Gasteiger partial charge >= 0.3 is 0 Å². The number of pyridine rings is 2. The minimum absolute atomic E-state index is 0.170.